The molecule has 148 valence electrons. The molecule has 0 bridgehead atoms. The van der Waals surface area contributed by atoms with E-state index in [0.717, 1.165) is 37.9 Å². The number of anilines is 1. The number of hydrogen-bond acceptors (Lipinski definition) is 6. The second-order valence-corrected chi connectivity index (χ2v) is 9.49. The number of rotatable bonds is 5. The number of nitrogens with zero attached hydrogens (tertiary/aromatic N) is 2. The summed E-state index contributed by atoms with van der Waals surface area (Å²) < 4.78 is 0. The van der Waals surface area contributed by atoms with Crippen LogP contribution in [0.25, 0.3) is 10.2 Å². The molecule has 0 aliphatic heterocycles. The highest BCUT2D eigenvalue weighted by Crippen LogP contribution is 2.27. The Hall–Kier alpha value is -2.19. The van der Waals surface area contributed by atoms with Crippen molar-refractivity contribution in [1.29, 1.82) is 0 Å². The smallest absolute Gasteiger partial charge is 0.259 e. The van der Waals surface area contributed by atoms with Gasteiger partial charge in [0.05, 0.1) is 27.8 Å². The van der Waals surface area contributed by atoms with Crippen molar-refractivity contribution in [3.63, 3.8) is 0 Å². The molecule has 3 rings (SSSR count). The second-order valence-electron chi connectivity index (χ2n) is 6.96. The number of aromatic nitrogens is 3. The van der Waals surface area contributed by atoms with Crippen LogP contribution in [0.2, 0.25) is 0 Å². The number of fused-ring (bicyclic) bond motifs is 1. The van der Waals surface area contributed by atoms with Gasteiger partial charge in [0.15, 0.2) is 0 Å². The molecule has 0 aliphatic rings. The fourth-order valence-electron chi connectivity index (χ4n) is 3.08. The van der Waals surface area contributed by atoms with Gasteiger partial charge >= 0.3 is 0 Å². The molecule has 0 saturated heterocycles. The van der Waals surface area contributed by atoms with Crippen LogP contribution in [-0.2, 0) is 10.5 Å². The summed E-state index contributed by atoms with van der Waals surface area (Å²) in [6.45, 7) is 11.6. The first kappa shape index (κ1) is 20.5. The first-order valence-electron chi connectivity index (χ1n) is 9.03. The summed E-state index contributed by atoms with van der Waals surface area (Å²) in [6, 6.07) is 1.95. The number of amides is 1. The summed E-state index contributed by atoms with van der Waals surface area (Å²) in [4.78, 5) is 38.7. The molecule has 0 radical (unpaired) electrons. The minimum absolute atomic E-state index is 0.0897. The molecule has 2 N–H and O–H groups in total. The van der Waals surface area contributed by atoms with Crippen LogP contribution in [-0.4, -0.2) is 26.1 Å². The number of hydrogen-bond donors (Lipinski definition) is 2. The normalized spacial score (nSPS) is 12.4. The Bertz CT molecular complexity index is 1090. The Kier molecular flexibility index (Phi) is 5.90. The van der Waals surface area contributed by atoms with E-state index >= 15 is 0 Å². The third-order valence-corrected chi connectivity index (χ3v) is 6.96. The zero-order chi connectivity index (χ0) is 20.6. The van der Waals surface area contributed by atoms with Crippen LogP contribution in [0.15, 0.2) is 10.9 Å². The molecule has 3 aromatic heterocycles. The lowest BCUT2D eigenvalue weighted by Gasteiger charge is -2.15. The van der Waals surface area contributed by atoms with E-state index in [4.69, 9.17) is 0 Å². The molecule has 0 saturated carbocycles. The lowest BCUT2D eigenvalue weighted by molar-refractivity contribution is -0.115. The number of carbonyl (C=O) groups is 1. The molecule has 0 fully saturated rings. The Morgan fingerprint density at radius 1 is 1.25 bits per heavy atom. The summed E-state index contributed by atoms with van der Waals surface area (Å²) in [7, 11) is 0. The van der Waals surface area contributed by atoms with Gasteiger partial charge in [-0.15, -0.1) is 23.1 Å². The van der Waals surface area contributed by atoms with Crippen molar-refractivity contribution in [2.45, 2.75) is 52.5 Å². The number of H-pyrrole nitrogens is 1. The van der Waals surface area contributed by atoms with Gasteiger partial charge in [-0.2, -0.15) is 0 Å². The van der Waals surface area contributed by atoms with Crippen molar-refractivity contribution in [2.24, 2.45) is 0 Å². The first-order chi connectivity index (χ1) is 13.2. The Balaban J connectivity index is 1.70. The summed E-state index contributed by atoms with van der Waals surface area (Å²) in [5.41, 5.74) is 4.37. The highest BCUT2D eigenvalue weighted by molar-refractivity contribution is 7.99. The topological polar surface area (TPSA) is 87.7 Å². The van der Waals surface area contributed by atoms with Gasteiger partial charge < -0.3 is 10.3 Å². The van der Waals surface area contributed by atoms with Crippen molar-refractivity contribution < 1.29 is 4.79 Å². The van der Waals surface area contributed by atoms with Crippen LogP contribution >= 0.6 is 23.1 Å². The quantitative estimate of drug-likeness (QED) is 0.651. The van der Waals surface area contributed by atoms with Gasteiger partial charge in [-0.05, 0) is 58.7 Å². The molecular formula is C20H24N4O2S2. The third kappa shape index (κ3) is 4.12. The molecule has 6 nitrogen and oxygen atoms in total. The van der Waals surface area contributed by atoms with E-state index < -0.39 is 0 Å². The van der Waals surface area contributed by atoms with E-state index in [0.29, 0.717) is 17.0 Å². The number of thiophene rings is 1. The lowest BCUT2D eigenvalue weighted by atomic mass is 10.1. The maximum Gasteiger partial charge on any atom is 0.259 e. The maximum atomic E-state index is 12.6. The van der Waals surface area contributed by atoms with E-state index in [1.54, 1.807) is 0 Å². The predicted octanol–water partition coefficient (Wildman–Crippen LogP) is 4.18. The minimum Gasteiger partial charge on any atom is -0.323 e. The summed E-state index contributed by atoms with van der Waals surface area (Å²) in [5, 5.41) is 3.35. The van der Waals surface area contributed by atoms with Crippen LogP contribution in [0, 0.1) is 34.6 Å². The molecule has 8 heteroatoms. The van der Waals surface area contributed by atoms with Crippen LogP contribution in [0.3, 0.4) is 0 Å². The van der Waals surface area contributed by atoms with Crippen LogP contribution in [0.5, 0.6) is 0 Å². The largest absolute Gasteiger partial charge is 0.323 e. The van der Waals surface area contributed by atoms with Crippen molar-refractivity contribution >= 4 is 44.9 Å². The van der Waals surface area contributed by atoms with Gasteiger partial charge in [0.25, 0.3) is 5.56 Å². The number of carbonyl (C=O) groups excluding carboxylic acids is 1. The molecule has 3 aromatic rings. The molecule has 1 atom stereocenters. The van der Waals surface area contributed by atoms with Crippen molar-refractivity contribution in [3.8, 4) is 0 Å². The standard InChI is InChI=1S/C20H24N4O2S2/c1-9-7-10(2)21-12(4)17(9)24-18(25)14(6)27-8-15-22-19(26)16-11(3)13(5)28-20(16)23-15/h7,14H,8H2,1-6H3,(H,24,25)(H,22,23,26). The molecule has 0 aromatic carbocycles. The zero-order valence-electron chi connectivity index (χ0n) is 16.9. The number of aryl methyl sites for hydroxylation is 5. The van der Waals surface area contributed by atoms with Gasteiger partial charge in [-0.1, -0.05) is 0 Å². The van der Waals surface area contributed by atoms with Crippen molar-refractivity contribution in [1.82, 2.24) is 15.0 Å². The number of aromatic amines is 1. The average molecular weight is 417 g/mol. The van der Waals surface area contributed by atoms with Gasteiger partial charge in [0, 0.05) is 10.6 Å². The van der Waals surface area contributed by atoms with Crippen LogP contribution in [0.1, 0.15) is 40.1 Å². The fourth-order valence-corrected chi connectivity index (χ4v) is 4.89. The van der Waals surface area contributed by atoms with E-state index in [2.05, 4.69) is 20.3 Å². The Labute approximate surface area is 172 Å². The van der Waals surface area contributed by atoms with Crippen LogP contribution < -0.4 is 10.9 Å². The summed E-state index contributed by atoms with van der Waals surface area (Å²) in [5.74, 6) is 0.959. The van der Waals surface area contributed by atoms with Crippen LogP contribution in [0.4, 0.5) is 5.69 Å². The lowest BCUT2D eigenvalue weighted by Crippen LogP contribution is -2.24. The van der Waals surface area contributed by atoms with E-state index in [-0.39, 0.29) is 16.7 Å². The third-order valence-electron chi connectivity index (χ3n) is 4.70. The van der Waals surface area contributed by atoms with Gasteiger partial charge in [-0.25, -0.2) is 4.98 Å². The number of thioether (sulfide) groups is 1. The molecular weight excluding hydrogens is 392 g/mol. The highest BCUT2D eigenvalue weighted by atomic mass is 32.2. The first-order valence-corrected chi connectivity index (χ1v) is 10.9. The SMILES string of the molecule is Cc1cc(C)c(NC(=O)C(C)SCc2nc3sc(C)c(C)c3c(=O)[nH]2)c(C)n1. The Morgan fingerprint density at radius 3 is 2.64 bits per heavy atom. The van der Waals surface area contributed by atoms with Crippen molar-refractivity contribution in [2.75, 3.05) is 5.32 Å². The molecule has 1 amide bonds. The zero-order valence-corrected chi connectivity index (χ0v) is 18.5. The number of nitrogens with one attached hydrogen (secondary N) is 2. The monoisotopic (exact) mass is 416 g/mol. The van der Waals surface area contributed by atoms with Gasteiger partial charge in [0.1, 0.15) is 10.7 Å². The van der Waals surface area contributed by atoms with E-state index in [1.165, 1.54) is 23.1 Å². The minimum atomic E-state index is -0.298. The second kappa shape index (κ2) is 8.05. The predicted molar refractivity (Wildman–Crippen MR) is 118 cm³/mol. The fraction of sp³-hybridized carbons (Fsp3) is 0.400. The Morgan fingerprint density at radius 2 is 1.96 bits per heavy atom. The van der Waals surface area contributed by atoms with Gasteiger partial charge in [0.2, 0.25) is 5.91 Å². The summed E-state index contributed by atoms with van der Waals surface area (Å²) in [6.07, 6.45) is 0. The van der Waals surface area contributed by atoms with Gasteiger partial charge in [-0.3, -0.25) is 14.6 Å². The molecule has 0 aliphatic carbocycles. The summed E-state index contributed by atoms with van der Waals surface area (Å²) >= 11 is 2.97. The average Bonchev–Trinajstić information content (AvgIpc) is 2.90. The number of pyridine rings is 1. The van der Waals surface area contributed by atoms with Crippen molar-refractivity contribution in [3.05, 3.63) is 49.6 Å². The molecule has 3 heterocycles. The molecule has 0 spiro atoms. The highest BCUT2D eigenvalue weighted by Gasteiger charge is 2.18. The molecule has 28 heavy (non-hydrogen) atoms. The maximum absolute atomic E-state index is 12.6. The molecule has 1 unspecified atom stereocenters. The van der Waals surface area contributed by atoms with E-state index in [9.17, 15) is 9.59 Å². The van der Waals surface area contributed by atoms with E-state index in [1.807, 2.05) is 47.6 Å².